The molecule has 0 aromatic carbocycles. The summed E-state index contributed by atoms with van der Waals surface area (Å²) < 4.78 is 36.5. The lowest BCUT2D eigenvalue weighted by Gasteiger charge is -2.29. The Balaban J connectivity index is 1.54. The number of aromatic nitrogens is 2. The van der Waals surface area contributed by atoms with E-state index in [0.29, 0.717) is 11.5 Å². The molecule has 3 heterocycles. The molecule has 0 radical (unpaired) electrons. The fourth-order valence-electron chi connectivity index (χ4n) is 3.18. The van der Waals surface area contributed by atoms with Crippen LogP contribution in [0.25, 0.3) is 0 Å². The number of hydroxylamine groups is 3. The van der Waals surface area contributed by atoms with E-state index in [1.807, 2.05) is 0 Å². The zero-order valence-corrected chi connectivity index (χ0v) is 15.2. The van der Waals surface area contributed by atoms with Gasteiger partial charge in [0.1, 0.15) is 6.04 Å². The normalized spacial score (nSPS) is 23.6. The van der Waals surface area contributed by atoms with Crippen molar-refractivity contribution < 1.29 is 31.7 Å². The summed E-state index contributed by atoms with van der Waals surface area (Å²) >= 11 is 0. The molecule has 2 aliphatic heterocycles. The molecule has 0 aliphatic carbocycles. The van der Waals surface area contributed by atoms with Gasteiger partial charge < -0.3 is 15.2 Å². The van der Waals surface area contributed by atoms with Gasteiger partial charge in [0.05, 0.1) is 30.7 Å². The number of imidazole rings is 1. The molecule has 13 nitrogen and oxygen atoms in total. The minimum atomic E-state index is -4.83. The van der Waals surface area contributed by atoms with Crippen LogP contribution in [0.4, 0.5) is 4.79 Å². The van der Waals surface area contributed by atoms with Crippen LogP contribution in [0.15, 0.2) is 12.5 Å². The van der Waals surface area contributed by atoms with Crippen LogP contribution in [0, 0.1) is 0 Å². The van der Waals surface area contributed by atoms with Crippen LogP contribution in [-0.2, 0) is 31.4 Å². The third-order valence-corrected chi connectivity index (χ3v) is 4.82. The van der Waals surface area contributed by atoms with Crippen molar-refractivity contribution >= 4 is 22.3 Å². The van der Waals surface area contributed by atoms with Gasteiger partial charge in [-0.25, -0.2) is 15.3 Å². The Kier molecular flexibility index (Phi) is 5.34. The number of carbonyl (C=O) groups is 2. The zero-order chi connectivity index (χ0) is 19.8. The molecule has 2 fully saturated rings. The third-order valence-electron chi connectivity index (χ3n) is 4.47. The van der Waals surface area contributed by atoms with Crippen LogP contribution in [0.2, 0.25) is 0 Å². The fraction of sp³-hybridized carbons (Fsp3) is 0.615. The van der Waals surface area contributed by atoms with E-state index in [2.05, 4.69) is 14.7 Å². The number of piperidine rings is 1. The topological polar surface area (TPSA) is 169 Å². The number of nitrogens with zero attached hydrogens (tertiary/aromatic N) is 4. The summed E-state index contributed by atoms with van der Waals surface area (Å²) in [6.45, 7) is 0.0908. The maximum atomic E-state index is 12.3. The molecular weight excluding hydrogens is 384 g/mol. The van der Waals surface area contributed by atoms with Crippen LogP contribution in [-0.4, -0.2) is 69.7 Å². The number of aryl methyl sites for hydroxylation is 1. The highest BCUT2D eigenvalue weighted by Gasteiger charge is 2.49. The minimum absolute atomic E-state index is 0.00738. The first-order chi connectivity index (χ1) is 12.7. The largest absolute Gasteiger partial charge is 0.418 e. The van der Waals surface area contributed by atoms with Gasteiger partial charge in [-0.3, -0.25) is 14.2 Å². The van der Waals surface area contributed by atoms with Crippen molar-refractivity contribution in [2.75, 3.05) is 13.2 Å². The average Bonchev–Trinajstić information content (AvgIpc) is 3.11. The van der Waals surface area contributed by atoms with E-state index in [1.165, 1.54) is 4.90 Å². The van der Waals surface area contributed by atoms with Gasteiger partial charge in [0.2, 0.25) is 0 Å². The number of hydrogen-bond donors (Lipinski definition) is 3. The molecule has 1 unspecified atom stereocenters. The summed E-state index contributed by atoms with van der Waals surface area (Å²) in [7, 11) is -3.06. The van der Waals surface area contributed by atoms with E-state index >= 15 is 0 Å². The van der Waals surface area contributed by atoms with E-state index in [9.17, 15) is 18.0 Å². The quantitative estimate of drug-likeness (QED) is 0.360. The summed E-state index contributed by atoms with van der Waals surface area (Å²) in [6, 6.07) is -2.75. The summed E-state index contributed by atoms with van der Waals surface area (Å²) in [6.07, 6.45) is 3.78. The number of carbonyl (C=O) groups excluding carboxylic acids is 2. The summed E-state index contributed by atoms with van der Waals surface area (Å²) in [4.78, 5) is 34.9. The first-order valence-corrected chi connectivity index (χ1v) is 9.44. The number of amides is 3. The van der Waals surface area contributed by atoms with Crippen LogP contribution < -0.4 is 11.2 Å². The van der Waals surface area contributed by atoms with Gasteiger partial charge in [0, 0.05) is 19.8 Å². The van der Waals surface area contributed by atoms with Crippen LogP contribution >= 0.6 is 0 Å². The van der Waals surface area contributed by atoms with Gasteiger partial charge >= 0.3 is 16.4 Å². The van der Waals surface area contributed by atoms with Crippen LogP contribution in [0.5, 0.6) is 0 Å². The lowest BCUT2D eigenvalue weighted by Crippen LogP contribution is -2.50. The Bertz CT molecular complexity index is 827. The Morgan fingerprint density at radius 1 is 1.52 bits per heavy atom. The summed E-state index contributed by atoms with van der Waals surface area (Å²) in [5, 5.41) is 0.571. The molecule has 3 amide bonds. The number of fused-ring (bicyclic) bond motifs is 2. The minimum Gasteiger partial charge on any atom is -0.336 e. The number of hydrogen-bond acceptors (Lipinski definition) is 8. The van der Waals surface area contributed by atoms with E-state index in [1.54, 1.807) is 24.1 Å². The van der Waals surface area contributed by atoms with Gasteiger partial charge in [-0.05, 0) is 12.8 Å². The highest BCUT2D eigenvalue weighted by atomic mass is 32.3. The van der Waals surface area contributed by atoms with Gasteiger partial charge in [0.25, 0.3) is 5.91 Å². The Hall–Kier alpha value is -2.26. The predicted octanol–water partition coefficient (Wildman–Crippen LogP) is -1.53. The molecule has 0 saturated carbocycles. The molecule has 27 heavy (non-hydrogen) atoms. The number of nitrogens with two attached hydrogens (primary N) is 1. The first kappa shape index (κ1) is 19.5. The van der Waals surface area contributed by atoms with Gasteiger partial charge in [-0.1, -0.05) is 0 Å². The van der Waals surface area contributed by atoms with Crippen LogP contribution in [0.1, 0.15) is 24.6 Å². The molecule has 3 atom stereocenters. The standard InChI is InChI=1S/C13H20N6O7S/c1-17-7-15-4-11(17)9(14)6-25-16-12(20)10-3-2-8-5-18(10)13(21)19(8)26-27(22,23)24/h4,7-10H,2-3,5-6,14H2,1H3,(H,16,20)(H,22,23,24)/t8-,9?,10+/m1/s1. The van der Waals surface area contributed by atoms with E-state index in [4.69, 9.17) is 15.1 Å². The third kappa shape index (κ3) is 4.19. The molecule has 150 valence electrons. The molecule has 3 rings (SSSR count). The zero-order valence-electron chi connectivity index (χ0n) is 14.4. The lowest BCUT2D eigenvalue weighted by molar-refractivity contribution is -0.139. The fourth-order valence-corrected chi connectivity index (χ4v) is 3.57. The number of rotatable bonds is 7. The van der Waals surface area contributed by atoms with Crippen molar-refractivity contribution in [1.82, 2.24) is 25.0 Å². The van der Waals surface area contributed by atoms with Gasteiger partial charge in [0.15, 0.2) is 0 Å². The Morgan fingerprint density at radius 2 is 2.26 bits per heavy atom. The van der Waals surface area contributed by atoms with Crippen molar-refractivity contribution in [3.05, 3.63) is 18.2 Å². The Labute approximate surface area is 154 Å². The number of urea groups is 1. The maximum absolute atomic E-state index is 12.3. The van der Waals surface area contributed by atoms with Crippen LogP contribution in [0.3, 0.4) is 0 Å². The SMILES string of the molecule is Cn1cncc1C(N)CONC(=O)[C@@H]1CC[C@@H]2CN1C(=O)N2OS(=O)(=O)O. The number of nitrogens with one attached hydrogen (secondary N) is 1. The first-order valence-electron chi connectivity index (χ1n) is 8.07. The van der Waals surface area contributed by atoms with E-state index < -0.39 is 40.5 Å². The predicted molar refractivity (Wildman–Crippen MR) is 87.6 cm³/mol. The van der Waals surface area contributed by atoms with E-state index in [-0.39, 0.29) is 19.6 Å². The average molecular weight is 404 g/mol. The van der Waals surface area contributed by atoms with E-state index in [0.717, 1.165) is 5.69 Å². The Morgan fingerprint density at radius 3 is 2.89 bits per heavy atom. The monoisotopic (exact) mass is 404 g/mol. The van der Waals surface area contributed by atoms with Crippen molar-refractivity contribution in [1.29, 1.82) is 0 Å². The molecule has 1 aromatic rings. The van der Waals surface area contributed by atoms with Crippen molar-refractivity contribution in [3.63, 3.8) is 0 Å². The molecule has 4 N–H and O–H groups in total. The second-order valence-corrected chi connectivity index (χ2v) is 7.33. The molecule has 2 bridgehead atoms. The van der Waals surface area contributed by atoms with Gasteiger partial charge in [-0.15, -0.1) is 4.28 Å². The second-order valence-electron chi connectivity index (χ2n) is 6.32. The highest BCUT2D eigenvalue weighted by Crippen LogP contribution is 2.30. The maximum Gasteiger partial charge on any atom is 0.418 e. The van der Waals surface area contributed by atoms with Crippen molar-refractivity contribution in [3.8, 4) is 0 Å². The smallest absolute Gasteiger partial charge is 0.336 e. The lowest BCUT2D eigenvalue weighted by atomic mass is 10.0. The molecule has 2 aliphatic rings. The second kappa shape index (κ2) is 7.40. The molecule has 14 heteroatoms. The highest BCUT2D eigenvalue weighted by molar-refractivity contribution is 7.80. The molecular formula is C13H20N6O7S. The molecule has 1 aromatic heterocycles. The molecule has 0 spiro atoms. The summed E-state index contributed by atoms with van der Waals surface area (Å²) in [5.41, 5.74) is 8.94. The van der Waals surface area contributed by atoms with Crippen molar-refractivity contribution in [2.24, 2.45) is 12.8 Å². The van der Waals surface area contributed by atoms with Gasteiger partial charge in [-0.2, -0.15) is 13.5 Å². The summed E-state index contributed by atoms with van der Waals surface area (Å²) in [5.74, 6) is -0.562. The molecule has 2 saturated heterocycles. The van der Waals surface area contributed by atoms with Crippen molar-refractivity contribution in [2.45, 2.75) is 31.0 Å².